The average molecular weight is 374 g/mol. The molecule has 0 saturated heterocycles. The minimum absolute atomic E-state index is 0.0291. The van der Waals surface area contributed by atoms with Gasteiger partial charge in [-0.2, -0.15) is 10.4 Å². The lowest BCUT2D eigenvalue weighted by atomic mass is 10.1. The largest absolute Gasteiger partial charge is 0.487 e. The summed E-state index contributed by atoms with van der Waals surface area (Å²) < 4.78 is 7.69. The van der Waals surface area contributed by atoms with Gasteiger partial charge in [-0.1, -0.05) is 30.3 Å². The zero-order chi connectivity index (χ0) is 19.9. The fourth-order valence-electron chi connectivity index (χ4n) is 2.92. The molecule has 0 aliphatic heterocycles. The molecule has 3 aromatic rings. The van der Waals surface area contributed by atoms with Gasteiger partial charge in [-0.05, 0) is 43.2 Å². The summed E-state index contributed by atoms with van der Waals surface area (Å²) in [7, 11) is 0. The van der Waals surface area contributed by atoms with E-state index in [1.807, 2.05) is 61.5 Å². The van der Waals surface area contributed by atoms with E-state index in [0.29, 0.717) is 23.6 Å². The Morgan fingerprint density at radius 1 is 1.18 bits per heavy atom. The van der Waals surface area contributed by atoms with Crippen LogP contribution in [-0.2, 0) is 17.8 Å². The monoisotopic (exact) mass is 374 g/mol. The number of carbonyl (C=O) groups is 1. The van der Waals surface area contributed by atoms with Crippen LogP contribution in [0.4, 0.5) is 0 Å². The Kier molecular flexibility index (Phi) is 6.07. The maximum atomic E-state index is 10.9. The van der Waals surface area contributed by atoms with Crippen LogP contribution in [0.2, 0.25) is 0 Å². The predicted molar refractivity (Wildman–Crippen MR) is 106 cm³/mol. The first-order valence-electron chi connectivity index (χ1n) is 9.08. The van der Waals surface area contributed by atoms with Gasteiger partial charge in [0.2, 0.25) is 5.91 Å². The highest BCUT2D eigenvalue weighted by atomic mass is 16.5. The number of rotatable bonds is 7. The van der Waals surface area contributed by atoms with Crippen LogP contribution >= 0.6 is 0 Å². The van der Waals surface area contributed by atoms with Crippen molar-refractivity contribution in [3.63, 3.8) is 0 Å². The smallest absolute Gasteiger partial charge is 0.216 e. The Morgan fingerprint density at radius 2 is 1.89 bits per heavy atom. The second-order valence-corrected chi connectivity index (χ2v) is 6.43. The van der Waals surface area contributed by atoms with Crippen LogP contribution in [0.5, 0.6) is 5.75 Å². The van der Waals surface area contributed by atoms with Crippen LogP contribution in [0.1, 0.15) is 29.4 Å². The van der Waals surface area contributed by atoms with Crippen LogP contribution in [0, 0.1) is 18.3 Å². The van der Waals surface area contributed by atoms with E-state index in [9.17, 15) is 10.1 Å². The Morgan fingerprint density at radius 3 is 2.54 bits per heavy atom. The zero-order valence-electron chi connectivity index (χ0n) is 16.0. The first-order chi connectivity index (χ1) is 13.6. The molecule has 1 amide bonds. The van der Waals surface area contributed by atoms with Crippen LogP contribution in [0.15, 0.2) is 54.6 Å². The molecule has 1 heterocycles. The number of nitrogens with one attached hydrogen (secondary N) is 1. The number of nitriles is 1. The van der Waals surface area contributed by atoms with Gasteiger partial charge in [-0.15, -0.1) is 0 Å². The zero-order valence-corrected chi connectivity index (χ0v) is 16.0. The van der Waals surface area contributed by atoms with Gasteiger partial charge < -0.3 is 10.1 Å². The molecule has 0 bridgehead atoms. The van der Waals surface area contributed by atoms with Crippen molar-refractivity contribution in [2.45, 2.75) is 26.9 Å². The molecule has 0 radical (unpaired) electrons. The van der Waals surface area contributed by atoms with Crippen LogP contribution < -0.4 is 10.1 Å². The van der Waals surface area contributed by atoms with Crippen molar-refractivity contribution >= 4 is 5.91 Å². The number of aryl methyl sites for hydroxylation is 1. The fraction of sp³-hybridized carbons (Fsp3) is 0.227. The van der Waals surface area contributed by atoms with E-state index in [2.05, 4.69) is 16.5 Å². The van der Waals surface area contributed by atoms with Gasteiger partial charge in [-0.3, -0.25) is 4.79 Å². The molecule has 0 saturated carbocycles. The minimum atomic E-state index is -0.0291. The molecule has 6 heteroatoms. The third-order valence-corrected chi connectivity index (χ3v) is 4.36. The van der Waals surface area contributed by atoms with Gasteiger partial charge in [0.15, 0.2) is 0 Å². The second-order valence-electron chi connectivity index (χ2n) is 6.43. The summed E-state index contributed by atoms with van der Waals surface area (Å²) in [5.41, 5.74) is 3.94. The van der Waals surface area contributed by atoms with Crippen LogP contribution in [-0.4, -0.2) is 22.2 Å². The molecule has 0 spiro atoms. The Hall–Kier alpha value is -3.59. The normalized spacial score (nSPS) is 10.3. The van der Waals surface area contributed by atoms with Crippen molar-refractivity contribution < 1.29 is 9.53 Å². The molecule has 0 atom stereocenters. The van der Waals surface area contributed by atoms with Crippen molar-refractivity contribution in [1.29, 1.82) is 5.26 Å². The van der Waals surface area contributed by atoms with E-state index in [4.69, 9.17) is 4.74 Å². The Balaban J connectivity index is 1.72. The first kappa shape index (κ1) is 19.2. The lowest BCUT2D eigenvalue weighted by molar-refractivity contribution is -0.118. The quantitative estimate of drug-likeness (QED) is 0.688. The van der Waals surface area contributed by atoms with Gasteiger partial charge in [0.25, 0.3) is 0 Å². The molecule has 0 aliphatic carbocycles. The fourth-order valence-corrected chi connectivity index (χ4v) is 2.92. The molecule has 0 unspecified atom stereocenters. The maximum absolute atomic E-state index is 10.9. The number of hydrogen-bond acceptors (Lipinski definition) is 4. The molecule has 6 nitrogen and oxygen atoms in total. The summed E-state index contributed by atoms with van der Waals surface area (Å²) in [4.78, 5) is 10.9. The van der Waals surface area contributed by atoms with Crippen molar-refractivity contribution in [1.82, 2.24) is 15.1 Å². The molecule has 1 N–H and O–H groups in total. The number of aromatic nitrogens is 2. The topological polar surface area (TPSA) is 79.9 Å². The van der Waals surface area contributed by atoms with Crippen molar-refractivity contribution in [2.75, 3.05) is 6.54 Å². The standard InChI is InChI=1S/C22H22N4O2/c1-16-21(14-23)22(26(25-16)19-6-4-3-5-7-19)15-28-20-10-8-18(9-11-20)12-13-24-17(2)27/h3-11H,12-13,15H2,1-2H3,(H,24,27). The van der Waals surface area contributed by atoms with Crippen molar-refractivity contribution in [3.8, 4) is 17.5 Å². The van der Waals surface area contributed by atoms with E-state index in [1.165, 1.54) is 6.92 Å². The summed E-state index contributed by atoms with van der Waals surface area (Å²) in [5.74, 6) is 0.684. The van der Waals surface area contributed by atoms with E-state index in [-0.39, 0.29) is 12.5 Å². The number of carbonyl (C=O) groups excluding carboxylic acids is 1. The summed E-state index contributed by atoms with van der Waals surface area (Å²) in [5, 5.41) is 16.8. The van der Waals surface area contributed by atoms with E-state index < -0.39 is 0 Å². The van der Waals surface area contributed by atoms with Crippen molar-refractivity contribution in [2.24, 2.45) is 0 Å². The summed E-state index contributed by atoms with van der Waals surface area (Å²) in [6.45, 7) is 4.18. The number of hydrogen-bond donors (Lipinski definition) is 1. The summed E-state index contributed by atoms with van der Waals surface area (Å²) >= 11 is 0. The summed E-state index contributed by atoms with van der Waals surface area (Å²) in [6.07, 6.45) is 0.762. The molecule has 0 fully saturated rings. The van der Waals surface area contributed by atoms with Gasteiger partial charge >= 0.3 is 0 Å². The molecule has 1 aromatic heterocycles. The lowest BCUT2D eigenvalue weighted by Crippen LogP contribution is -2.22. The third-order valence-electron chi connectivity index (χ3n) is 4.36. The number of para-hydroxylation sites is 1. The first-order valence-corrected chi connectivity index (χ1v) is 9.08. The lowest BCUT2D eigenvalue weighted by Gasteiger charge is -2.10. The molecule has 28 heavy (non-hydrogen) atoms. The molecular weight excluding hydrogens is 352 g/mol. The van der Waals surface area contributed by atoms with Crippen LogP contribution in [0.25, 0.3) is 5.69 Å². The van der Waals surface area contributed by atoms with Crippen molar-refractivity contribution in [3.05, 3.63) is 77.1 Å². The number of ether oxygens (including phenoxy) is 1. The van der Waals surface area contributed by atoms with Gasteiger partial charge in [0.05, 0.1) is 17.1 Å². The highest BCUT2D eigenvalue weighted by Gasteiger charge is 2.16. The highest BCUT2D eigenvalue weighted by molar-refractivity contribution is 5.72. The number of amides is 1. The Labute approximate surface area is 164 Å². The number of benzene rings is 2. The van der Waals surface area contributed by atoms with E-state index in [0.717, 1.165) is 23.4 Å². The molecule has 3 rings (SSSR count). The van der Waals surface area contributed by atoms with E-state index >= 15 is 0 Å². The Bertz CT molecular complexity index is 986. The SMILES string of the molecule is CC(=O)NCCc1ccc(OCc2c(C#N)c(C)nn2-c2ccccc2)cc1. The van der Waals surface area contributed by atoms with Gasteiger partial charge in [-0.25, -0.2) is 4.68 Å². The predicted octanol–water partition coefficient (Wildman–Crippen LogP) is 3.31. The molecule has 0 aliphatic rings. The third kappa shape index (κ3) is 4.57. The second kappa shape index (κ2) is 8.87. The average Bonchev–Trinajstić information content (AvgIpc) is 3.03. The van der Waals surface area contributed by atoms with Crippen LogP contribution in [0.3, 0.4) is 0 Å². The maximum Gasteiger partial charge on any atom is 0.216 e. The van der Waals surface area contributed by atoms with E-state index in [1.54, 1.807) is 4.68 Å². The molecule has 142 valence electrons. The molecular formula is C22H22N4O2. The van der Waals surface area contributed by atoms with Gasteiger partial charge in [0, 0.05) is 13.5 Å². The summed E-state index contributed by atoms with van der Waals surface area (Å²) in [6, 6.07) is 19.7. The minimum Gasteiger partial charge on any atom is -0.487 e. The van der Waals surface area contributed by atoms with Gasteiger partial charge in [0.1, 0.15) is 24.0 Å². The molecule has 2 aromatic carbocycles. The number of nitrogens with zero attached hydrogens (tertiary/aromatic N) is 3. The highest BCUT2D eigenvalue weighted by Crippen LogP contribution is 2.21.